The van der Waals surface area contributed by atoms with Crippen LogP contribution in [0.2, 0.25) is 0 Å². The number of methoxy groups -OCH3 is 1. The molecule has 0 aliphatic carbocycles. The predicted molar refractivity (Wildman–Crippen MR) is 95.8 cm³/mol. The van der Waals surface area contributed by atoms with Crippen molar-refractivity contribution < 1.29 is 14.6 Å². The highest BCUT2D eigenvalue weighted by Crippen LogP contribution is 2.20. The van der Waals surface area contributed by atoms with E-state index in [4.69, 9.17) is 4.74 Å². The Morgan fingerprint density at radius 3 is 2.33 bits per heavy atom. The summed E-state index contributed by atoms with van der Waals surface area (Å²) in [6.07, 6.45) is 2.44. The number of hydrogen-bond acceptors (Lipinski definition) is 3. The van der Waals surface area contributed by atoms with E-state index in [1.165, 1.54) is 11.6 Å². The molecule has 0 heterocycles. The fourth-order valence-corrected chi connectivity index (χ4v) is 2.29. The monoisotopic (exact) mass is 325 g/mol. The number of nitrogens with one attached hydrogen (secondary N) is 1. The van der Waals surface area contributed by atoms with Gasteiger partial charge in [0.15, 0.2) is 0 Å². The second-order valence-corrected chi connectivity index (χ2v) is 5.76. The maximum Gasteiger partial charge on any atom is 0.244 e. The maximum atomic E-state index is 12.0. The summed E-state index contributed by atoms with van der Waals surface area (Å²) in [4.78, 5) is 12.0. The van der Waals surface area contributed by atoms with Crippen LogP contribution in [-0.4, -0.2) is 24.2 Å². The Hall–Kier alpha value is -2.59. The van der Waals surface area contributed by atoms with Crippen molar-refractivity contribution in [3.8, 4) is 5.75 Å². The van der Waals surface area contributed by atoms with Crippen LogP contribution in [0.5, 0.6) is 5.75 Å². The minimum Gasteiger partial charge on any atom is -0.497 e. The lowest BCUT2D eigenvalue weighted by Gasteiger charge is -2.20. The predicted octanol–water partition coefficient (Wildman–Crippen LogP) is 3.26. The highest BCUT2D eigenvalue weighted by molar-refractivity contribution is 5.91. The normalized spacial score (nSPS) is 13.5. The second kappa shape index (κ2) is 8.31. The molecule has 0 saturated heterocycles. The Labute approximate surface area is 142 Å². The van der Waals surface area contributed by atoms with E-state index in [2.05, 4.69) is 5.32 Å². The summed E-state index contributed by atoms with van der Waals surface area (Å²) in [5.41, 5.74) is 2.86. The molecule has 1 amide bonds. The third-order valence-corrected chi connectivity index (χ3v) is 3.81. The van der Waals surface area contributed by atoms with Gasteiger partial charge >= 0.3 is 0 Å². The fraction of sp³-hybridized carbons (Fsp3) is 0.250. The third kappa shape index (κ3) is 4.96. The SMILES string of the molecule is COc1ccc(C(O)C(C)NC(=O)/C=C/c2ccc(C)cc2)cc1. The highest BCUT2D eigenvalue weighted by atomic mass is 16.5. The van der Waals surface area contributed by atoms with Crippen LogP contribution in [-0.2, 0) is 4.79 Å². The summed E-state index contributed by atoms with van der Waals surface area (Å²) in [6, 6.07) is 14.6. The molecule has 2 N–H and O–H groups in total. The standard InChI is InChI=1S/C20H23NO3/c1-14-4-6-16(7-5-14)8-13-19(22)21-15(2)20(23)17-9-11-18(24-3)12-10-17/h4-13,15,20,23H,1-3H3,(H,21,22)/b13-8+. The number of carbonyl (C=O) groups excluding carboxylic acids is 1. The number of ether oxygens (including phenoxy) is 1. The van der Waals surface area contributed by atoms with Gasteiger partial charge in [-0.05, 0) is 43.2 Å². The first-order valence-electron chi connectivity index (χ1n) is 7.87. The van der Waals surface area contributed by atoms with E-state index in [0.717, 1.165) is 16.9 Å². The highest BCUT2D eigenvalue weighted by Gasteiger charge is 2.17. The zero-order valence-corrected chi connectivity index (χ0v) is 14.2. The first kappa shape index (κ1) is 17.8. The quantitative estimate of drug-likeness (QED) is 0.802. The van der Waals surface area contributed by atoms with E-state index in [-0.39, 0.29) is 5.91 Å². The largest absolute Gasteiger partial charge is 0.497 e. The smallest absolute Gasteiger partial charge is 0.244 e. The Morgan fingerprint density at radius 1 is 1.12 bits per heavy atom. The molecule has 0 radical (unpaired) electrons. The van der Waals surface area contributed by atoms with Crippen molar-refractivity contribution >= 4 is 12.0 Å². The van der Waals surface area contributed by atoms with E-state index in [1.807, 2.05) is 31.2 Å². The van der Waals surface area contributed by atoms with Gasteiger partial charge in [-0.25, -0.2) is 0 Å². The first-order valence-corrected chi connectivity index (χ1v) is 7.87. The lowest BCUT2D eigenvalue weighted by Crippen LogP contribution is -2.36. The minimum atomic E-state index is -0.785. The van der Waals surface area contributed by atoms with Crippen LogP contribution >= 0.6 is 0 Å². The molecule has 0 aliphatic heterocycles. The Kier molecular flexibility index (Phi) is 6.15. The van der Waals surface area contributed by atoms with Crippen molar-refractivity contribution in [3.63, 3.8) is 0 Å². The Balaban J connectivity index is 1.93. The van der Waals surface area contributed by atoms with Gasteiger partial charge < -0.3 is 15.2 Å². The number of amides is 1. The molecular weight excluding hydrogens is 302 g/mol. The molecule has 0 saturated carbocycles. The molecule has 126 valence electrons. The third-order valence-electron chi connectivity index (χ3n) is 3.81. The van der Waals surface area contributed by atoms with E-state index in [1.54, 1.807) is 44.4 Å². The van der Waals surface area contributed by atoms with Crippen LogP contribution in [0, 0.1) is 6.92 Å². The van der Waals surface area contributed by atoms with E-state index in [0.29, 0.717) is 0 Å². The van der Waals surface area contributed by atoms with Gasteiger partial charge in [-0.15, -0.1) is 0 Å². The van der Waals surface area contributed by atoms with Crippen LogP contribution in [0.25, 0.3) is 6.08 Å². The number of rotatable bonds is 6. The van der Waals surface area contributed by atoms with E-state index >= 15 is 0 Å². The molecule has 24 heavy (non-hydrogen) atoms. The molecule has 2 rings (SSSR count). The van der Waals surface area contributed by atoms with Crippen molar-refractivity contribution in [2.24, 2.45) is 0 Å². The number of carbonyl (C=O) groups is 1. The van der Waals surface area contributed by atoms with Crippen LogP contribution in [0.1, 0.15) is 29.7 Å². The number of aliphatic hydroxyl groups excluding tert-OH is 1. The zero-order chi connectivity index (χ0) is 17.5. The number of aliphatic hydroxyl groups is 1. The topological polar surface area (TPSA) is 58.6 Å². The molecule has 0 fully saturated rings. The summed E-state index contributed by atoms with van der Waals surface area (Å²) >= 11 is 0. The van der Waals surface area contributed by atoms with Gasteiger partial charge in [0.25, 0.3) is 0 Å². The summed E-state index contributed by atoms with van der Waals surface area (Å²) in [6.45, 7) is 3.79. The first-order chi connectivity index (χ1) is 11.5. The van der Waals surface area contributed by atoms with Gasteiger partial charge in [0.2, 0.25) is 5.91 Å². The van der Waals surface area contributed by atoms with Crippen LogP contribution in [0.15, 0.2) is 54.6 Å². The number of hydrogen-bond donors (Lipinski definition) is 2. The van der Waals surface area contributed by atoms with Crippen molar-refractivity contribution in [1.29, 1.82) is 0 Å². The van der Waals surface area contributed by atoms with E-state index in [9.17, 15) is 9.90 Å². The fourth-order valence-electron chi connectivity index (χ4n) is 2.29. The lowest BCUT2D eigenvalue weighted by molar-refractivity contribution is -0.117. The van der Waals surface area contributed by atoms with Crippen molar-refractivity contribution in [2.75, 3.05) is 7.11 Å². The van der Waals surface area contributed by atoms with Gasteiger partial charge in [-0.1, -0.05) is 42.0 Å². The molecule has 2 aromatic carbocycles. The average molecular weight is 325 g/mol. The second-order valence-electron chi connectivity index (χ2n) is 5.76. The van der Waals surface area contributed by atoms with Crippen molar-refractivity contribution in [2.45, 2.75) is 26.0 Å². The molecule has 4 nitrogen and oxygen atoms in total. The summed E-state index contributed by atoms with van der Waals surface area (Å²) < 4.78 is 5.09. The van der Waals surface area contributed by atoms with Crippen LogP contribution in [0.4, 0.5) is 0 Å². The average Bonchev–Trinajstić information content (AvgIpc) is 2.60. The molecule has 0 aliphatic rings. The van der Waals surface area contributed by atoms with E-state index < -0.39 is 12.1 Å². The summed E-state index contributed by atoms with van der Waals surface area (Å²) in [5.74, 6) is 0.485. The molecule has 0 spiro atoms. The maximum absolute atomic E-state index is 12.0. The van der Waals surface area contributed by atoms with Gasteiger partial charge in [-0.3, -0.25) is 4.79 Å². The molecular formula is C20H23NO3. The van der Waals surface area contributed by atoms with Gasteiger partial charge in [0, 0.05) is 6.08 Å². The van der Waals surface area contributed by atoms with Gasteiger partial charge in [-0.2, -0.15) is 0 Å². The van der Waals surface area contributed by atoms with Crippen LogP contribution in [0.3, 0.4) is 0 Å². The number of aryl methyl sites for hydroxylation is 1. The Morgan fingerprint density at radius 2 is 1.75 bits per heavy atom. The molecule has 4 heteroatoms. The van der Waals surface area contributed by atoms with Crippen LogP contribution < -0.4 is 10.1 Å². The Bertz CT molecular complexity index is 690. The van der Waals surface area contributed by atoms with Crippen molar-refractivity contribution in [3.05, 3.63) is 71.3 Å². The molecule has 2 unspecified atom stereocenters. The molecule has 2 aromatic rings. The molecule has 0 bridgehead atoms. The molecule has 0 aromatic heterocycles. The minimum absolute atomic E-state index is 0.240. The van der Waals surface area contributed by atoms with Crippen molar-refractivity contribution in [1.82, 2.24) is 5.32 Å². The number of benzene rings is 2. The van der Waals surface area contributed by atoms with Gasteiger partial charge in [0.1, 0.15) is 5.75 Å². The molecule has 2 atom stereocenters. The zero-order valence-electron chi connectivity index (χ0n) is 14.2. The summed E-state index contributed by atoms with van der Waals surface area (Å²) in [5, 5.41) is 13.1. The summed E-state index contributed by atoms with van der Waals surface area (Å²) in [7, 11) is 1.59. The van der Waals surface area contributed by atoms with Gasteiger partial charge in [0.05, 0.1) is 19.3 Å². The lowest BCUT2D eigenvalue weighted by atomic mass is 10.0.